The molecule has 0 bridgehead atoms. The number of piperidine rings is 1. The second-order valence-corrected chi connectivity index (χ2v) is 20.6. The van der Waals surface area contributed by atoms with Gasteiger partial charge in [-0.15, -0.1) is 0 Å². The summed E-state index contributed by atoms with van der Waals surface area (Å²) in [6.07, 6.45) is 6.54. The van der Waals surface area contributed by atoms with Crippen molar-refractivity contribution in [2.75, 3.05) is 86.7 Å². The molecule has 0 aliphatic carbocycles. The molecular formula is C45H49ClN11O6P. The fourth-order valence-corrected chi connectivity index (χ4v) is 10.4. The zero-order valence-corrected chi connectivity index (χ0v) is 37.7. The van der Waals surface area contributed by atoms with Crippen molar-refractivity contribution in [3.63, 3.8) is 0 Å². The Balaban J connectivity index is 0.867. The number of ether oxygens (including phenoxy) is 1. The summed E-state index contributed by atoms with van der Waals surface area (Å²) in [5.41, 5.74) is 5.69. The molecule has 4 aliphatic heterocycles. The normalized spacial score (nSPS) is 19.3. The number of hydrogen-bond donors (Lipinski definition) is 3. The number of hydrogen-bond acceptors (Lipinski definition) is 14. The second-order valence-electron chi connectivity index (χ2n) is 17.0. The van der Waals surface area contributed by atoms with Gasteiger partial charge in [-0.25, -0.2) is 4.98 Å². The molecule has 3 saturated heterocycles. The van der Waals surface area contributed by atoms with Gasteiger partial charge in [-0.2, -0.15) is 10.1 Å². The molecular weight excluding hydrogens is 857 g/mol. The Bertz CT molecular complexity index is 2730. The van der Waals surface area contributed by atoms with Crippen molar-refractivity contribution in [3.8, 4) is 16.9 Å². The fourth-order valence-electron chi connectivity index (χ4n) is 9.11. The molecule has 19 heteroatoms. The number of para-hydroxylation sites is 1. The lowest BCUT2D eigenvalue weighted by atomic mass is 10.0. The van der Waals surface area contributed by atoms with E-state index in [0.717, 1.165) is 79.6 Å². The molecule has 4 amide bonds. The molecule has 332 valence electrons. The van der Waals surface area contributed by atoms with Gasteiger partial charge >= 0.3 is 0 Å². The third kappa shape index (κ3) is 8.54. The van der Waals surface area contributed by atoms with E-state index in [-0.39, 0.29) is 18.4 Å². The molecule has 17 nitrogen and oxygen atoms in total. The van der Waals surface area contributed by atoms with Gasteiger partial charge < -0.3 is 29.7 Å². The first-order chi connectivity index (χ1) is 30.7. The smallest absolute Gasteiger partial charge is 0.262 e. The fraction of sp³-hybridized carbons (Fsp3) is 0.356. The maximum absolute atomic E-state index is 13.5. The summed E-state index contributed by atoms with van der Waals surface area (Å²) in [5, 5.41) is 14.3. The molecule has 2 atom stereocenters. The summed E-state index contributed by atoms with van der Waals surface area (Å²) >= 11 is 6.57. The van der Waals surface area contributed by atoms with Crippen LogP contribution in [0.1, 0.15) is 40.0 Å². The SMILES string of the molecule is COc1cc(N2CCN(C[C@H]3CCN(c4ccc5c(c4)C(=O)N(C4CCC(=O)NC4=O)C5=O)C3)CC2)c(-c2cnn(C)c2)cc1Nc1ncc(Cl)c(Nc2ccccc2P(C)(C)=O)n1. The van der Waals surface area contributed by atoms with Crippen molar-refractivity contribution >= 4 is 82.2 Å². The zero-order valence-electron chi connectivity index (χ0n) is 36.0. The summed E-state index contributed by atoms with van der Waals surface area (Å²) < 4.78 is 20.8. The number of methoxy groups -OCH3 is 1. The van der Waals surface area contributed by atoms with Gasteiger partial charge in [-0.1, -0.05) is 23.7 Å². The van der Waals surface area contributed by atoms with Gasteiger partial charge in [0.15, 0.2) is 5.82 Å². The first-order valence-electron chi connectivity index (χ1n) is 21.2. The number of amides is 4. The Morgan fingerprint density at radius 1 is 0.875 bits per heavy atom. The summed E-state index contributed by atoms with van der Waals surface area (Å²) in [7, 11) is 0.923. The number of carbonyl (C=O) groups excluding carboxylic acids is 4. The lowest BCUT2D eigenvalue weighted by Gasteiger charge is -2.38. The number of benzene rings is 3. The van der Waals surface area contributed by atoms with Crippen LogP contribution in [-0.4, -0.2) is 125 Å². The van der Waals surface area contributed by atoms with Crippen LogP contribution in [0.2, 0.25) is 5.02 Å². The van der Waals surface area contributed by atoms with Crippen molar-refractivity contribution in [2.45, 2.75) is 25.3 Å². The Morgan fingerprint density at radius 2 is 1.66 bits per heavy atom. The minimum absolute atomic E-state index is 0.0797. The number of aromatic nitrogens is 4. The van der Waals surface area contributed by atoms with Crippen LogP contribution in [-0.2, 0) is 21.2 Å². The Hall–Kier alpha value is -6.29. The number of anilines is 6. The van der Waals surface area contributed by atoms with Crippen molar-refractivity contribution in [1.82, 2.24) is 34.9 Å². The van der Waals surface area contributed by atoms with Gasteiger partial charge in [0.1, 0.15) is 24.0 Å². The molecule has 64 heavy (non-hydrogen) atoms. The lowest BCUT2D eigenvalue weighted by molar-refractivity contribution is -0.136. The number of fused-ring (bicyclic) bond motifs is 1. The average molecular weight is 906 g/mol. The van der Waals surface area contributed by atoms with E-state index in [1.54, 1.807) is 37.3 Å². The minimum Gasteiger partial charge on any atom is -0.494 e. The van der Waals surface area contributed by atoms with Crippen LogP contribution >= 0.6 is 18.7 Å². The van der Waals surface area contributed by atoms with Crippen molar-refractivity contribution < 1.29 is 28.5 Å². The minimum atomic E-state index is -2.60. The van der Waals surface area contributed by atoms with Gasteiger partial charge in [0.2, 0.25) is 17.8 Å². The maximum Gasteiger partial charge on any atom is 0.262 e. The molecule has 3 N–H and O–H groups in total. The molecule has 6 heterocycles. The standard InChI is InChI=1S/C45H49ClN11O6P/c1-53-26-28(22-48-53)31-20-35(50-45-47-23-33(46)41(52-45)49-34-7-5-6-8-39(34)64(3,4)62)38(63-2)21-37(31)55-17-15-54(16-18-55)24-27-13-14-56(25-27)29-9-10-30-32(19-29)44(61)57(43(30)60)36-11-12-40(58)51-42(36)59/h5-10,19-23,26-27,36H,11-18,24-25H2,1-4H3,(H,51,58,59)(H2,47,49,50,52)/t27-,36?/m1/s1. The number of halogens is 1. The molecule has 9 rings (SSSR count). The second kappa shape index (κ2) is 17.4. The highest BCUT2D eigenvalue weighted by molar-refractivity contribution is 7.70. The van der Waals surface area contributed by atoms with E-state index in [4.69, 9.17) is 21.3 Å². The van der Waals surface area contributed by atoms with E-state index < -0.39 is 36.8 Å². The molecule has 0 radical (unpaired) electrons. The van der Waals surface area contributed by atoms with Crippen LogP contribution in [0.15, 0.2) is 73.2 Å². The van der Waals surface area contributed by atoms with E-state index in [0.29, 0.717) is 50.7 Å². The highest BCUT2D eigenvalue weighted by Gasteiger charge is 2.45. The van der Waals surface area contributed by atoms with Gasteiger partial charge in [0.05, 0.1) is 42.0 Å². The monoisotopic (exact) mass is 905 g/mol. The summed E-state index contributed by atoms with van der Waals surface area (Å²) in [5.74, 6) is -0.342. The quantitative estimate of drug-likeness (QED) is 0.108. The molecule has 4 aliphatic rings. The number of nitrogens with one attached hydrogen (secondary N) is 3. The highest BCUT2D eigenvalue weighted by Crippen LogP contribution is 2.42. The number of piperazine rings is 1. The van der Waals surface area contributed by atoms with Crippen LogP contribution in [0.25, 0.3) is 11.1 Å². The summed E-state index contributed by atoms with van der Waals surface area (Å²) in [4.78, 5) is 68.3. The number of aryl methyl sites for hydroxylation is 1. The lowest BCUT2D eigenvalue weighted by Crippen LogP contribution is -2.54. The van der Waals surface area contributed by atoms with E-state index in [1.807, 2.05) is 61.9 Å². The largest absolute Gasteiger partial charge is 0.494 e. The van der Waals surface area contributed by atoms with Gasteiger partial charge in [0, 0.05) is 99.4 Å². The van der Waals surface area contributed by atoms with Crippen LogP contribution in [0.3, 0.4) is 0 Å². The summed E-state index contributed by atoms with van der Waals surface area (Å²) in [6, 6.07) is 15.8. The molecule has 0 saturated carbocycles. The van der Waals surface area contributed by atoms with Crippen LogP contribution in [0.5, 0.6) is 5.75 Å². The Kier molecular flexibility index (Phi) is 11.7. The Labute approximate surface area is 375 Å². The predicted molar refractivity (Wildman–Crippen MR) is 246 cm³/mol. The number of rotatable bonds is 12. The molecule has 0 spiro atoms. The van der Waals surface area contributed by atoms with Crippen molar-refractivity contribution in [3.05, 3.63) is 89.3 Å². The zero-order chi connectivity index (χ0) is 44.9. The molecule has 3 fully saturated rings. The molecule has 5 aromatic rings. The first-order valence-corrected chi connectivity index (χ1v) is 24.2. The van der Waals surface area contributed by atoms with Gasteiger partial charge in [-0.05, 0) is 68.5 Å². The molecule has 2 aromatic heterocycles. The predicted octanol–water partition coefficient (Wildman–Crippen LogP) is 5.32. The van der Waals surface area contributed by atoms with Crippen LogP contribution < -0.4 is 35.8 Å². The van der Waals surface area contributed by atoms with E-state index in [1.165, 1.54) is 6.20 Å². The Morgan fingerprint density at radius 3 is 2.39 bits per heavy atom. The van der Waals surface area contributed by atoms with Crippen LogP contribution in [0, 0.1) is 5.92 Å². The number of carbonyl (C=O) groups is 4. The maximum atomic E-state index is 13.5. The van der Waals surface area contributed by atoms with E-state index in [9.17, 15) is 23.7 Å². The van der Waals surface area contributed by atoms with Crippen molar-refractivity contribution in [1.29, 1.82) is 0 Å². The molecule has 1 unspecified atom stereocenters. The molecule has 3 aromatic carbocycles. The third-order valence-electron chi connectivity index (χ3n) is 12.4. The summed E-state index contributed by atoms with van der Waals surface area (Å²) in [6.45, 7) is 9.33. The first kappa shape index (κ1) is 43.0. The van der Waals surface area contributed by atoms with E-state index in [2.05, 4.69) is 40.7 Å². The number of nitrogens with zero attached hydrogens (tertiary/aromatic N) is 8. The van der Waals surface area contributed by atoms with Crippen LogP contribution in [0.4, 0.5) is 34.5 Å². The van der Waals surface area contributed by atoms with Crippen molar-refractivity contribution in [2.24, 2.45) is 13.0 Å². The number of imide groups is 2. The van der Waals surface area contributed by atoms with Gasteiger partial charge in [-0.3, -0.25) is 39.0 Å². The topological polar surface area (TPSA) is 187 Å². The average Bonchev–Trinajstić information content (AvgIpc) is 3.99. The van der Waals surface area contributed by atoms with Gasteiger partial charge in [0.25, 0.3) is 11.8 Å². The third-order valence-corrected chi connectivity index (χ3v) is 14.2. The van der Waals surface area contributed by atoms with E-state index >= 15 is 0 Å². The highest BCUT2D eigenvalue weighted by atomic mass is 35.5.